The first-order chi connectivity index (χ1) is 6.29. The van der Waals surface area contributed by atoms with E-state index in [4.69, 9.17) is 4.74 Å². The summed E-state index contributed by atoms with van der Waals surface area (Å²) in [5.41, 5.74) is 0.706. The van der Waals surface area contributed by atoms with E-state index in [1.54, 1.807) is 17.8 Å². The molecule has 4 heteroatoms. The van der Waals surface area contributed by atoms with Crippen LogP contribution in [0.5, 0.6) is 5.75 Å². The summed E-state index contributed by atoms with van der Waals surface area (Å²) in [7, 11) is 0. The molecule has 0 amide bonds. The molecule has 2 rings (SSSR count). The van der Waals surface area contributed by atoms with Crippen LogP contribution in [0.25, 0.3) is 0 Å². The summed E-state index contributed by atoms with van der Waals surface area (Å²) < 4.78 is 18.1. The number of thioether (sulfide) groups is 1. The van der Waals surface area contributed by atoms with Gasteiger partial charge in [-0.15, -0.1) is 11.8 Å². The average Bonchev–Trinajstić information content (AvgIpc) is 2.17. The van der Waals surface area contributed by atoms with Crippen molar-refractivity contribution in [1.82, 2.24) is 0 Å². The van der Waals surface area contributed by atoms with Crippen molar-refractivity contribution in [1.29, 1.82) is 0 Å². The average molecular weight is 197 g/mol. The van der Waals surface area contributed by atoms with Crippen LogP contribution in [-0.2, 0) is 0 Å². The lowest BCUT2D eigenvalue weighted by atomic mass is 10.3. The Morgan fingerprint density at radius 1 is 1.54 bits per heavy atom. The van der Waals surface area contributed by atoms with Gasteiger partial charge in [-0.05, 0) is 18.4 Å². The second kappa shape index (κ2) is 3.38. The van der Waals surface area contributed by atoms with Crippen LogP contribution >= 0.6 is 11.8 Å². The molecule has 13 heavy (non-hydrogen) atoms. The van der Waals surface area contributed by atoms with Gasteiger partial charge < -0.3 is 4.74 Å². The molecule has 0 saturated carbocycles. The minimum Gasteiger partial charge on any atom is -0.484 e. The van der Waals surface area contributed by atoms with Crippen molar-refractivity contribution in [2.45, 2.75) is 0 Å². The van der Waals surface area contributed by atoms with Gasteiger partial charge in [-0.1, -0.05) is 0 Å². The van der Waals surface area contributed by atoms with Crippen LogP contribution < -0.4 is 4.74 Å². The highest BCUT2D eigenvalue weighted by molar-refractivity contribution is 8.13. The van der Waals surface area contributed by atoms with Gasteiger partial charge in [-0.3, -0.25) is 0 Å². The van der Waals surface area contributed by atoms with Crippen molar-refractivity contribution in [2.75, 3.05) is 12.9 Å². The molecular weight excluding hydrogens is 189 g/mol. The van der Waals surface area contributed by atoms with Crippen LogP contribution in [0.3, 0.4) is 0 Å². The summed E-state index contributed by atoms with van der Waals surface area (Å²) >= 11 is 1.54. The van der Waals surface area contributed by atoms with Gasteiger partial charge in [0.1, 0.15) is 28.9 Å². The predicted molar refractivity (Wildman–Crippen MR) is 52.5 cm³/mol. The van der Waals surface area contributed by atoms with E-state index < -0.39 is 0 Å². The first-order valence-electron chi connectivity index (χ1n) is 3.83. The number of hydrogen-bond donors (Lipinski definition) is 0. The van der Waals surface area contributed by atoms with Crippen molar-refractivity contribution < 1.29 is 9.13 Å². The van der Waals surface area contributed by atoms with Crippen molar-refractivity contribution in [2.24, 2.45) is 4.99 Å². The second-order valence-electron chi connectivity index (χ2n) is 2.61. The maximum atomic E-state index is 12.7. The maximum absolute atomic E-state index is 12.7. The number of halogens is 1. The van der Waals surface area contributed by atoms with Crippen LogP contribution in [0.15, 0.2) is 23.2 Å². The fraction of sp³-hybridized carbons (Fsp3) is 0.222. The summed E-state index contributed by atoms with van der Waals surface area (Å²) in [5, 5.41) is 0.916. The summed E-state index contributed by atoms with van der Waals surface area (Å²) in [6.45, 7) is 0.442. The molecule has 0 fully saturated rings. The maximum Gasteiger partial charge on any atom is 0.148 e. The van der Waals surface area contributed by atoms with E-state index in [1.807, 2.05) is 6.26 Å². The number of benzene rings is 1. The molecule has 0 atom stereocenters. The Kier molecular flexibility index (Phi) is 2.22. The number of rotatable bonds is 0. The van der Waals surface area contributed by atoms with Crippen molar-refractivity contribution in [3.8, 4) is 5.75 Å². The fourth-order valence-electron chi connectivity index (χ4n) is 1.11. The van der Waals surface area contributed by atoms with E-state index in [9.17, 15) is 4.39 Å². The lowest BCUT2D eigenvalue weighted by Crippen LogP contribution is -2.11. The Morgan fingerprint density at radius 3 is 3.15 bits per heavy atom. The highest BCUT2D eigenvalue weighted by atomic mass is 32.2. The van der Waals surface area contributed by atoms with Gasteiger partial charge >= 0.3 is 0 Å². The highest BCUT2D eigenvalue weighted by Crippen LogP contribution is 2.32. The monoisotopic (exact) mass is 197 g/mol. The summed E-state index contributed by atoms with van der Waals surface area (Å²) in [4.78, 5) is 4.29. The zero-order chi connectivity index (χ0) is 9.26. The molecule has 1 aromatic carbocycles. The lowest BCUT2D eigenvalue weighted by molar-refractivity contribution is 0.373. The Hall–Kier alpha value is -1.03. The molecule has 0 spiro atoms. The number of aliphatic imine (C=N–C) groups is 1. The first kappa shape index (κ1) is 8.56. The molecular formula is C9H8FNOS. The van der Waals surface area contributed by atoms with Gasteiger partial charge in [0.25, 0.3) is 0 Å². The van der Waals surface area contributed by atoms with Gasteiger partial charge in [-0.2, -0.15) is 0 Å². The largest absolute Gasteiger partial charge is 0.484 e. The summed E-state index contributed by atoms with van der Waals surface area (Å²) in [6, 6.07) is 4.37. The van der Waals surface area contributed by atoms with Crippen LogP contribution in [0, 0.1) is 5.82 Å². The minimum absolute atomic E-state index is 0.290. The van der Waals surface area contributed by atoms with Crippen LogP contribution in [-0.4, -0.2) is 17.9 Å². The van der Waals surface area contributed by atoms with Crippen LogP contribution in [0.4, 0.5) is 10.1 Å². The molecule has 0 aromatic heterocycles. The zero-order valence-corrected chi connectivity index (χ0v) is 7.90. The molecule has 1 aliphatic rings. The Morgan fingerprint density at radius 2 is 2.38 bits per heavy atom. The number of fused-ring (bicyclic) bond motifs is 1. The van der Waals surface area contributed by atoms with Gasteiger partial charge in [0.15, 0.2) is 0 Å². The zero-order valence-electron chi connectivity index (χ0n) is 7.08. The smallest absolute Gasteiger partial charge is 0.148 e. The number of ether oxygens (including phenoxy) is 1. The third-order valence-corrected chi connectivity index (χ3v) is 2.43. The quantitative estimate of drug-likeness (QED) is 0.637. The second-order valence-corrected chi connectivity index (χ2v) is 3.49. The van der Waals surface area contributed by atoms with Crippen molar-refractivity contribution >= 4 is 22.5 Å². The molecule has 1 aliphatic heterocycles. The molecule has 1 aromatic rings. The Labute approximate surface area is 79.8 Å². The number of hydrogen-bond acceptors (Lipinski definition) is 3. The lowest BCUT2D eigenvalue weighted by Gasteiger charge is -2.15. The third kappa shape index (κ3) is 1.67. The van der Waals surface area contributed by atoms with E-state index >= 15 is 0 Å². The minimum atomic E-state index is -0.290. The Bertz CT molecular complexity index is 365. The van der Waals surface area contributed by atoms with Gasteiger partial charge in [0.2, 0.25) is 0 Å². The molecule has 2 nitrogen and oxygen atoms in total. The Balaban J connectivity index is 2.42. The predicted octanol–water partition coefficient (Wildman–Crippen LogP) is 2.61. The molecule has 0 N–H and O–H groups in total. The van der Waals surface area contributed by atoms with Gasteiger partial charge in [0, 0.05) is 6.07 Å². The molecule has 0 unspecified atom stereocenters. The van der Waals surface area contributed by atoms with E-state index in [0.29, 0.717) is 18.0 Å². The van der Waals surface area contributed by atoms with Gasteiger partial charge in [0.05, 0.1) is 0 Å². The summed E-state index contributed by atoms with van der Waals surface area (Å²) in [6.07, 6.45) is 1.94. The van der Waals surface area contributed by atoms with Gasteiger partial charge in [-0.25, -0.2) is 9.38 Å². The van der Waals surface area contributed by atoms with E-state index in [2.05, 4.69) is 4.99 Å². The molecule has 0 aliphatic carbocycles. The van der Waals surface area contributed by atoms with E-state index in [1.165, 1.54) is 12.1 Å². The molecule has 0 radical (unpaired) electrons. The third-order valence-electron chi connectivity index (χ3n) is 1.75. The standard InChI is InChI=1S/C9H8FNOS/c1-13-9-5-12-8-4-6(10)2-3-7(8)11-9/h2-4H,5H2,1H3. The summed E-state index contributed by atoms with van der Waals surface area (Å²) in [5.74, 6) is 0.236. The van der Waals surface area contributed by atoms with Crippen molar-refractivity contribution in [3.05, 3.63) is 24.0 Å². The number of nitrogens with zero attached hydrogens (tertiary/aromatic N) is 1. The van der Waals surface area contributed by atoms with E-state index in [0.717, 1.165) is 5.04 Å². The van der Waals surface area contributed by atoms with Crippen molar-refractivity contribution in [3.63, 3.8) is 0 Å². The molecule has 68 valence electrons. The molecule has 0 bridgehead atoms. The molecule has 1 heterocycles. The topological polar surface area (TPSA) is 21.6 Å². The molecule has 0 saturated heterocycles. The normalized spacial score (nSPS) is 14.5. The van der Waals surface area contributed by atoms with Crippen LogP contribution in [0.1, 0.15) is 0 Å². The SMILES string of the molecule is CSC1=Nc2ccc(F)cc2OC1. The first-order valence-corrected chi connectivity index (χ1v) is 5.06. The fourth-order valence-corrected chi connectivity index (χ4v) is 1.47. The van der Waals surface area contributed by atoms with E-state index in [-0.39, 0.29) is 5.82 Å². The van der Waals surface area contributed by atoms with Crippen LogP contribution in [0.2, 0.25) is 0 Å². The highest BCUT2D eigenvalue weighted by Gasteiger charge is 2.12.